The van der Waals surface area contributed by atoms with Gasteiger partial charge in [0.25, 0.3) is 10.1 Å². The van der Waals surface area contributed by atoms with Crippen LogP contribution in [0.2, 0.25) is 0 Å². The summed E-state index contributed by atoms with van der Waals surface area (Å²) >= 11 is 0. The van der Waals surface area contributed by atoms with Gasteiger partial charge in [-0.2, -0.15) is 8.42 Å². The van der Waals surface area contributed by atoms with Gasteiger partial charge < -0.3 is 10.0 Å². The molecular weight excluding hydrogens is 306 g/mol. The molecule has 1 N–H and O–H groups in total. The average Bonchev–Trinajstić information content (AvgIpc) is 3.03. The Hall–Kier alpha value is -1.60. The molecule has 2 bridgehead atoms. The Morgan fingerprint density at radius 2 is 2.00 bits per heavy atom. The minimum absolute atomic E-state index is 0.0122. The highest BCUT2D eigenvalue weighted by molar-refractivity contribution is 7.86. The molecule has 0 spiro atoms. The summed E-state index contributed by atoms with van der Waals surface area (Å²) in [5.74, 6) is -0.0462. The number of carboxylic acid groups (broad SMARTS) is 1. The molecule has 2 saturated heterocycles. The number of fused-ring (bicyclic) bond motifs is 2. The standard InChI is InChI=1S/C15H19NO5S/c1-10-2-5-13(6-3-10)22(19,20)21-9-11-8-12-4-7-14(11)16(12)15(17)18/h2-3,5-6,11-12,14H,4,7-9H2,1H3,(H,17,18). The highest BCUT2D eigenvalue weighted by Gasteiger charge is 2.49. The van der Waals surface area contributed by atoms with E-state index in [-0.39, 0.29) is 29.5 Å². The Morgan fingerprint density at radius 3 is 2.59 bits per heavy atom. The highest BCUT2D eigenvalue weighted by Crippen LogP contribution is 2.42. The number of benzene rings is 1. The molecule has 1 amide bonds. The first kappa shape index (κ1) is 15.3. The maximum Gasteiger partial charge on any atom is 0.407 e. The lowest BCUT2D eigenvalue weighted by Gasteiger charge is -2.21. The number of hydrogen-bond acceptors (Lipinski definition) is 4. The number of carbonyl (C=O) groups is 1. The van der Waals surface area contributed by atoms with E-state index in [2.05, 4.69) is 0 Å². The largest absolute Gasteiger partial charge is 0.465 e. The van der Waals surface area contributed by atoms with Crippen molar-refractivity contribution in [1.29, 1.82) is 0 Å². The van der Waals surface area contributed by atoms with E-state index in [1.165, 1.54) is 17.0 Å². The van der Waals surface area contributed by atoms with Gasteiger partial charge in [0.05, 0.1) is 11.5 Å². The molecule has 0 saturated carbocycles. The van der Waals surface area contributed by atoms with E-state index in [0.717, 1.165) is 18.4 Å². The fraction of sp³-hybridized carbons (Fsp3) is 0.533. The monoisotopic (exact) mass is 325 g/mol. The molecule has 3 atom stereocenters. The highest BCUT2D eigenvalue weighted by atomic mass is 32.2. The number of hydrogen-bond donors (Lipinski definition) is 1. The van der Waals surface area contributed by atoms with Gasteiger partial charge in [0, 0.05) is 18.0 Å². The van der Waals surface area contributed by atoms with E-state index in [1.54, 1.807) is 12.1 Å². The first-order valence-electron chi connectivity index (χ1n) is 7.36. The second-order valence-corrected chi connectivity index (χ2v) is 7.65. The summed E-state index contributed by atoms with van der Waals surface area (Å²) in [7, 11) is -3.79. The molecule has 2 fully saturated rings. The van der Waals surface area contributed by atoms with E-state index in [4.69, 9.17) is 4.18 Å². The van der Waals surface area contributed by atoms with Gasteiger partial charge in [-0.3, -0.25) is 4.18 Å². The van der Waals surface area contributed by atoms with Crippen LogP contribution in [-0.2, 0) is 14.3 Å². The molecule has 0 aliphatic carbocycles. The van der Waals surface area contributed by atoms with Gasteiger partial charge >= 0.3 is 6.09 Å². The van der Waals surface area contributed by atoms with Gasteiger partial charge in [-0.1, -0.05) is 17.7 Å². The summed E-state index contributed by atoms with van der Waals surface area (Å²) in [4.78, 5) is 12.8. The Kier molecular flexibility index (Phi) is 3.86. The lowest BCUT2D eigenvalue weighted by atomic mass is 9.90. The van der Waals surface area contributed by atoms with E-state index < -0.39 is 16.2 Å². The van der Waals surface area contributed by atoms with Crippen molar-refractivity contribution in [3.8, 4) is 0 Å². The summed E-state index contributed by atoms with van der Waals surface area (Å²) in [6, 6.07) is 6.39. The van der Waals surface area contributed by atoms with Crippen molar-refractivity contribution in [3.63, 3.8) is 0 Å². The molecule has 22 heavy (non-hydrogen) atoms. The Balaban J connectivity index is 1.66. The number of amides is 1. The molecule has 7 heteroatoms. The SMILES string of the molecule is Cc1ccc(S(=O)(=O)OCC2CC3CCC2N3C(=O)O)cc1. The first-order chi connectivity index (χ1) is 10.4. The molecule has 6 nitrogen and oxygen atoms in total. The zero-order valence-corrected chi connectivity index (χ0v) is 13.1. The van der Waals surface area contributed by atoms with E-state index >= 15 is 0 Å². The molecule has 1 aromatic rings. The van der Waals surface area contributed by atoms with Gasteiger partial charge in [-0.15, -0.1) is 0 Å². The van der Waals surface area contributed by atoms with Crippen LogP contribution in [-0.4, -0.2) is 43.2 Å². The lowest BCUT2D eigenvalue weighted by molar-refractivity contribution is 0.131. The maximum atomic E-state index is 12.2. The molecule has 0 aromatic heterocycles. The third kappa shape index (κ3) is 2.70. The van der Waals surface area contributed by atoms with E-state index in [0.29, 0.717) is 6.42 Å². The maximum absolute atomic E-state index is 12.2. The molecule has 3 rings (SSSR count). The zero-order chi connectivity index (χ0) is 15.9. The van der Waals surface area contributed by atoms with Crippen molar-refractivity contribution < 1.29 is 22.5 Å². The van der Waals surface area contributed by atoms with Crippen LogP contribution < -0.4 is 0 Å². The second kappa shape index (κ2) is 5.55. The van der Waals surface area contributed by atoms with Crippen LogP contribution in [0.15, 0.2) is 29.2 Å². The van der Waals surface area contributed by atoms with Crippen LogP contribution in [0.3, 0.4) is 0 Å². The molecule has 120 valence electrons. The van der Waals surface area contributed by atoms with Crippen molar-refractivity contribution in [1.82, 2.24) is 4.90 Å². The van der Waals surface area contributed by atoms with Gasteiger partial charge in [-0.25, -0.2) is 4.79 Å². The third-order valence-corrected chi connectivity index (χ3v) is 5.93. The summed E-state index contributed by atoms with van der Waals surface area (Å²) in [5, 5.41) is 9.21. The van der Waals surface area contributed by atoms with Crippen LogP contribution in [0.25, 0.3) is 0 Å². The Labute approximate surface area is 129 Å². The van der Waals surface area contributed by atoms with Gasteiger partial charge in [0.2, 0.25) is 0 Å². The van der Waals surface area contributed by atoms with Crippen molar-refractivity contribution in [2.24, 2.45) is 5.92 Å². The van der Waals surface area contributed by atoms with Crippen LogP contribution >= 0.6 is 0 Å². The van der Waals surface area contributed by atoms with Crippen LogP contribution in [0.4, 0.5) is 4.79 Å². The number of aryl methyl sites for hydroxylation is 1. The minimum Gasteiger partial charge on any atom is -0.465 e. The second-order valence-electron chi connectivity index (χ2n) is 6.04. The molecule has 3 unspecified atom stereocenters. The van der Waals surface area contributed by atoms with Crippen LogP contribution in [0.1, 0.15) is 24.8 Å². The fourth-order valence-electron chi connectivity index (χ4n) is 3.54. The predicted molar refractivity (Wildman–Crippen MR) is 79.1 cm³/mol. The summed E-state index contributed by atoms with van der Waals surface area (Å²) in [6.45, 7) is 1.92. The van der Waals surface area contributed by atoms with Gasteiger partial charge in [0.15, 0.2) is 0 Å². The quantitative estimate of drug-likeness (QED) is 0.858. The topological polar surface area (TPSA) is 83.9 Å². The zero-order valence-electron chi connectivity index (χ0n) is 12.3. The molecular formula is C15H19NO5S. The lowest BCUT2D eigenvalue weighted by Crippen LogP contribution is -2.36. The molecule has 1 aromatic carbocycles. The summed E-state index contributed by atoms with van der Waals surface area (Å²) in [5.41, 5.74) is 0.976. The Morgan fingerprint density at radius 1 is 1.32 bits per heavy atom. The van der Waals surface area contributed by atoms with Crippen molar-refractivity contribution in [2.45, 2.75) is 43.2 Å². The van der Waals surface area contributed by atoms with Gasteiger partial charge in [0.1, 0.15) is 0 Å². The summed E-state index contributed by atoms with van der Waals surface area (Å²) < 4.78 is 29.5. The Bertz CT molecular complexity index is 670. The molecule has 2 aliphatic rings. The van der Waals surface area contributed by atoms with Crippen molar-refractivity contribution in [3.05, 3.63) is 29.8 Å². The number of rotatable bonds is 4. The van der Waals surface area contributed by atoms with Crippen LogP contribution in [0.5, 0.6) is 0 Å². The first-order valence-corrected chi connectivity index (χ1v) is 8.76. The van der Waals surface area contributed by atoms with Crippen molar-refractivity contribution >= 4 is 16.2 Å². The molecule has 2 heterocycles. The third-order valence-electron chi connectivity index (χ3n) is 4.63. The smallest absolute Gasteiger partial charge is 0.407 e. The normalized spacial score (nSPS) is 27.3. The average molecular weight is 325 g/mol. The fourth-order valence-corrected chi connectivity index (χ4v) is 4.50. The minimum atomic E-state index is -3.79. The predicted octanol–water partition coefficient (Wildman–Crippen LogP) is 2.23. The summed E-state index contributed by atoms with van der Waals surface area (Å²) in [6.07, 6.45) is 1.41. The van der Waals surface area contributed by atoms with Crippen LogP contribution in [0, 0.1) is 12.8 Å². The van der Waals surface area contributed by atoms with Gasteiger partial charge in [-0.05, 0) is 38.3 Å². The molecule has 2 aliphatic heterocycles. The number of nitrogens with zero attached hydrogens (tertiary/aromatic N) is 1. The molecule has 0 radical (unpaired) electrons. The van der Waals surface area contributed by atoms with Crippen molar-refractivity contribution in [2.75, 3.05) is 6.61 Å². The van der Waals surface area contributed by atoms with E-state index in [1.807, 2.05) is 6.92 Å². The van der Waals surface area contributed by atoms with E-state index in [9.17, 15) is 18.3 Å².